The van der Waals surface area contributed by atoms with Crippen LogP contribution < -0.4 is 5.73 Å². The summed E-state index contributed by atoms with van der Waals surface area (Å²) in [5.41, 5.74) is 6.23. The van der Waals surface area contributed by atoms with E-state index in [2.05, 4.69) is 4.98 Å². The van der Waals surface area contributed by atoms with Gasteiger partial charge >= 0.3 is 0 Å². The minimum absolute atomic E-state index is 0.676. The molecule has 1 heterocycles. The van der Waals surface area contributed by atoms with E-state index >= 15 is 0 Å². The van der Waals surface area contributed by atoms with Gasteiger partial charge in [-0.2, -0.15) is 0 Å². The van der Waals surface area contributed by atoms with Gasteiger partial charge < -0.3 is 5.73 Å². The van der Waals surface area contributed by atoms with E-state index in [0.29, 0.717) is 5.69 Å². The third-order valence-corrected chi connectivity index (χ3v) is 3.01. The third-order valence-electron chi connectivity index (χ3n) is 1.80. The largest absolute Gasteiger partial charge is 0.397 e. The average molecular weight is 237 g/mol. The van der Waals surface area contributed by atoms with Crippen LogP contribution in [-0.2, 0) is 0 Å². The zero-order valence-corrected chi connectivity index (χ0v) is 9.42. The summed E-state index contributed by atoms with van der Waals surface area (Å²) in [5, 5.41) is 1.66. The molecule has 0 aliphatic carbocycles. The standard InChI is InChI=1S/C11H9ClN2S/c12-8-1-4-10(5-2-8)15-11-6-3-9(13)7-14-11/h1-7H,13H2. The van der Waals surface area contributed by atoms with Gasteiger partial charge in [-0.1, -0.05) is 23.4 Å². The van der Waals surface area contributed by atoms with E-state index < -0.39 is 0 Å². The summed E-state index contributed by atoms with van der Waals surface area (Å²) in [4.78, 5) is 5.31. The zero-order valence-electron chi connectivity index (χ0n) is 7.85. The molecule has 0 aliphatic heterocycles. The van der Waals surface area contributed by atoms with Gasteiger partial charge in [-0.05, 0) is 36.4 Å². The van der Waals surface area contributed by atoms with Crippen molar-refractivity contribution in [2.75, 3.05) is 5.73 Å². The van der Waals surface area contributed by atoms with Crippen LogP contribution in [0.5, 0.6) is 0 Å². The van der Waals surface area contributed by atoms with Crippen molar-refractivity contribution in [3.05, 3.63) is 47.6 Å². The molecule has 15 heavy (non-hydrogen) atoms. The molecule has 2 aromatic rings. The monoisotopic (exact) mass is 236 g/mol. The first-order valence-electron chi connectivity index (χ1n) is 4.39. The Bertz CT molecular complexity index is 396. The summed E-state index contributed by atoms with van der Waals surface area (Å²) < 4.78 is 0. The molecule has 0 saturated carbocycles. The van der Waals surface area contributed by atoms with Crippen molar-refractivity contribution in [2.24, 2.45) is 0 Å². The molecular weight excluding hydrogens is 228 g/mol. The van der Waals surface area contributed by atoms with Crippen LogP contribution in [0.4, 0.5) is 5.69 Å². The highest BCUT2D eigenvalue weighted by atomic mass is 35.5. The molecular formula is C11H9ClN2S. The molecule has 2 N–H and O–H groups in total. The Hall–Kier alpha value is -1.19. The van der Waals surface area contributed by atoms with Crippen LogP contribution in [0, 0.1) is 0 Å². The van der Waals surface area contributed by atoms with Crippen molar-refractivity contribution in [1.29, 1.82) is 0 Å². The zero-order chi connectivity index (χ0) is 10.7. The Morgan fingerprint density at radius 3 is 2.40 bits per heavy atom. The first kappa shape index (κ1) is 10.3. The van der Waals surface area contributed by atoms with Crippen LogP contribution in [-0.4, -0.2) is 4.98 Å². The Morgan fingerprint density at radius 1 is 1.07 bits per heavy atom. The SMILES string of the molecule is Nc1ccc(Sc2ccc(Cl)cc2)nc1. The predicted octanol–water partition coefficient (Wildman–Crippen LogP) is 3.47. The fourth-order valence-corrected chi connectivity index (χ4v) is 1.96. The van der Waals surface area contributed by atoms with Crippen LogP contribution in [0.15, 0.2) is 52.5 Å². The Kier molecular flexibility index (Phi) is 3.14. The lowest BCUT2D eigenvalue weighted by Crippen LogP contribution is -1.86. The van der Waals surface area contributed by atoms with E-state index in [1.54, 1.807) is 18.0 Å². The first-order valence-corrected chi connectivity index (χ1v) is 5.58. The van der Waals surface area contributed by atoms with Gasteiger partial charge in [0.05, 0.1) is 11.9 Å². The van der Waals surface area contributed by atoms with Gasteiger partial charge in [0.15, 0.2) is 0 Å². The summed E-state index contributed by atoms with van der Waals surface area (Å²) in [6.45, 7) is 0. The molecule has 1 aromatic carbocycles. The van der Waals surface area contributed by atoms with Gasteiger partial charge in [0, 0.05) is 9.92 Å². The summed E-state index contributed by atoms with van der Waals surface area (Å²) in [6, 6.07) is 11.4. The number of rotatable bonds is 2. The Labute approximate surface area is 97.5 Å². The number of halogens is 1. The lowest BCUT2D eigenvalue weighted by molar-refractivity contribution is 1.14. The fraction of sp³-hybridized carbons (Fsp3) is 0. The molecule has 76 valence electrons. The lowest BCUT2D eigenvalue weighted by Gasteiger charge is -2.00. The van der Waals surface area contributed by atoms with E-state index in [0.717, 1.165) is 14.9 Å². The summed E-state index contributed by atoms with van der Waals surface area (Å²) in [7, 11) is 0. The minimum Gasteiger partial charge on any atom is -0.397 e. The second-order valence-electron chi connectivity index (χ2n) is 2.99. The third kappa shape index (κ3) is 2.88. The van der Waals surface area contributed by atoms with E-state index in [4.69, 9.17) is 17.3 Å². The molecule has 2 nitrogen and oxygen atoms in total. The highest BCUT2D eigenvalue weighted by molar-refractivity contribution is 7.99. The van der Waals surface area contributed by atoms with Crippen LogP contribution in [0.25, 0.3) is 0 Å². The maximum absolute atomic E-state index is 5.79. The van der Waals surface area contributed by atoms with Gasteiger partial charge in [-0.25, -0.2) is 4.98 Å². The van der Waals surface area contributed by atoms with E-state index in [-0.39, 0.29) is 0 Å². The van der Waals surface area contributed by atoms with Gasteiger partial charge in [0.2, 0.25) is 0 Å². The molecule has 4 heteroatoms. The Morgan fingerprint density at radius 2 is 1.80 bits per heavy atom. The summed E-state index contributed by atoms with van der Waals surface area (Å²) >= 11 is 7.37. The predicted molar refractivity (Wildman–Crippen MR) is 64.2 cm³/mol. The molecule has 0 saturated heterocycles. The number of pyridine rings is 1. The highest BCUT2D eigenvalue weighted by Crippen LogP contribution is 2.27. The summed E-state index contributed by atoms with van der Waals surface area (Å²) in [5.74, 6) is 0. The maximum Gasteiger partial charge on any atom is 0.101 e. The second-order valence-corrected chi connectivity index (χ2v) is 4.52. The molecule has 0 atom stereocenters. The van der Waals surface area contributed by atoms with Crippen molar-refractivity contribution in [3.8, 4) is 0 Å². The van der Waals surface area contributed by atoms with Crippen molar-refractivity contribution in [2.45, 2.75) is 9.92 Å². The number of benzene rings is 1. The minimum atomic E-state index is 0.676. The number of aromatic nitrogens is 1. The smallest absolute Gasteiger partial charge is 0.101 e. The fourth-order valence-electron chi connectivity index (χ4n) is 1.08. The number of anilines is 1. The van der Waals surface area contributed by atoms with Crippen molar-refractivity contribution < 1.29 is 0 Å². The van der Waals surface area contributed by atoms with Gasteiger partial charge in [-0.3, -0.25) is 0 Å². The van der Waals surface area contributed by atoms with Gasteiger partial charge in [0.1, 0.15) is 5.03 Å². The van der Waals surface area contributed by atoms with Crippen molar-refractivity contribution >= 4 is 29.1 Å². The van der Waals surface area contributed by atoms with Gasteiger partial charge in [0.25, 0.3) is 0 Å². The lowest BCUT2D eigenvalue weighted by atomic mass is 10.4. The number of nitrogen functional groups attached to an aromatic ring is 1. The molecule has 0 spiro atoms. The van der Waals surface area contributed by atoms with Gasteiger partial charge in [-0.15, -0.1) is 0 Å². The number of nitrogens with zero attached hydrogens (tertiary/aromatic N) is 1. The number of hydrogen-bond acceptors (Lipinski definition) is 3. The molecule has 0 bridgehead atoms. The normalized spacial score (nSPS) is 10.2. The van der Waals surface area contributed by atoms with Crippen LogP contribution in [0.2, 0.25) is 5.02 Å². The quantitative estimate of drug-likeness (QED) is 0.868. The molecule has 1 aromatic heterocycles. The van der Waals surface area contributed by atoms with Crippen LogP contribution in [0.1, 0.15) is 0 Å². The maximum atomic E-state index is 5.79. The molecule has 0 radical (unpaired) electrons. The topological polar surface area (TPSA) is 38.9 Å². The molecule has 0 unspecified atom stereocenters. The molecule has 2 rings (SSSR count). The van der Waals surface area contributed by atoms with Crippen molar-refractivity contribution in [3.63, 3.8) is 0 Å². The average Bonchev–Trinajstić information content (AvgIpc) is 2.25. The van der Waals surface area contributed by atoms with Crippen LogP contribution in [0.3, 0.4) is 0 Å². The van der Waals surface area contributed by atoms with E-state index in [9.17, 15) is 0 Å². The second kappa shape index (κ2) is 4.55. The Balaban J connectivity index is 2.15. The summed E-state index contributed by atoms with van der Waals surface area (Å²) in [6.07, 6.45) is 1.65. The molecule has 0 fully saturated rings. The van der Waals surface area contributed by atoms with Crippen LogP contribution >= 0.6 is 23.4 Å². The number of nitrogens with two attached hydrogens (primary N) is 1. The number of hydrogen-bond donors (Lipinski definition) is 1. The molecule has 0 aliphatic rings. The van der Waals surface area contributed by atoms with E-state index in [1.807, 2.05) is 36.4 Å². The molecule has 0 amide bonds. The van der Waals surface area contributed by atoms with Crippen molar-refractivity contribution in [1.82, 2.24) is 4.98 Å². The highest BCUT2D eigenvalue weighted by Gasteiger charge is 1.98. The first-order chi connectivity index (χ1) is 7.24. The van der Waals surface area contributed by atoms with E-state index in [1.165, 1.54) is 0 Å².